The summed E-state index contributed by atoms with van der Waals surface area (Å²) in [5.41, 5.74) is 2.49. The number of carboxylic acid groups (broad SMARTS) is 1. The number of aryl methyl sites for hydroxylation is 2. The van der Waals surface area contributed by atoms with Crippen LogP contribution in [-0.4, -0.2) is 11.1 Å². The smallest absolute Gasteiger partial charge is 0.335 e. The number of hydrogen-bond donors (Lipinski definition) is 1. The van der Waals surface area contributed by atoms with Crippen LogP contribution in [0.4, 0.5) is 0 Å². The lowest BCUT2D eigenvalue weighted by Gasteiger charge is -2.18. The quantitative estimate of drug-likeness (QED) is 0.0923. The van der Waals surface area contributed by atoms with Gasteiger partial charge in [-0.05, 0) is 132 Å². The summed E-state index contributed by atoms with van der Waals surface area (Å²) in [6.07, 6.45) is 0. The van der Waals surface area contributed by atoms with Crippen LogP contribution in [0.2, 0.25) is 0 Å². The first-order valence-corrected chi connectivity index (χ1v) is 40.8. The number of hydrogen-bond acceptors (Lipinski definition) is 1. The first-order valence-electron chi connectivity index (χ1n) is 29.2. The Balaban J connectivity index is 0.000000144. The third kappa shape index (κ3) is 21.1. The van der Waals surface area contributed by atoms with Gasteiger partial charge in [-0.2, -0.15) is 0 Å². The maximum absolute atomic E-state index is 10.5. The van der Waals surface area contributed by atoms with Crippen LogP contribution in [0.25, 0.3) is 0 Å². The molecule has 0 radical (unpaired) electrons. The molecule has 13 aromatic rings. The molecular formula is C81H70I2O2P4. The molecule has 2 nitrogen and oxygen atoms in total. The summed E-state index contributed by atoms with van der Waals surface area (Å²) in [5.74, 6) is -0.867. The lowest BCUT2D eigenvalue weighted by atomic mass is 10.1. The zero-order chi connectivity index (χ0) is 62.1. The molecule has 13 rings (SSSR count). The van der Waals surface area contributed by atoms with E-state index in [-0.39, 0.29) is 0 Å². The summed E-state index contributed by atoms with van der Waals surface area (Å²) in [7, 11) is -1.78. The lowest BCUT2D eigenvalue weighted by Crippen LogP contribution is -2.20. The first kappa shape index (κ1) is 67.4. The van der Waals surface area contributed by atoms with Gasteiger partial charge in [-0.25, -0.2) is 4.79 Å². The molecule has 0 saturated heterocycles. The van der Waals surface area contributed by atoms with Crippen LogP contribution >= 0.6 is 68.9 Å². The monoisotopic (exact) mass is 1450 g/mol. The fourth-order valence-electron chi connectivity index (χ4n) is 9.59. The summed E-state index contributed by atoms with van der Waals surface area (Å²) >= 11 is 4.24. The first-order chi connectivity index (χ1) is 43.9. The minimum absolute atomic E-state index is 0.355. The van der Waals surface area contributed by atoms with Crippen LogP contribution in [0.5, 0.6) is 0 Å². The van der Waals surface area contributed by atoms with Gasteiger partial charge in [0.2, 0.25) is 0 Å². The minimum Gasteiger partial charge on any atom is -0.478 e. The van der Waals surface area contributed by atoms with Crippen LogP contribution < -0.4 is 63.7 Å². The maximum Gasteiger partial charge on any atom is 0.335 e. The predicted molar refractivity (Wildman–Crippen MR) is 412 cm³/mol. The topological polar surface area (TPSA) is 37.3 Å². The zero-order valence-corrected chi connectivity index (χ0v) is 57.7. The van der Waals surface area contributed by atoms with Crippen molar-refractivity contribution in [1.82, 2.24) is 0 Å². The predicted octanol–water partition coefficient (Wildman–Crippen LogP) is 17.6. The van der Waals surface area contributed by atoms with E-state index in [0.717, 1.165) is 11.1 Å². The second-order valence-corrected chi connectivity index (χ2v) is 28.9. The molecule has 0 aromatic heterocycles. The van der Waals surface area contributed by atoms with Crippen molar-refractivity contribution in [2.75, 3.05) is 0 Å². The standard InChI is InChI=1S/4C18H15P.C9H10O2.I2/c4*1-4-10-16(11-5-1)19(17-12-6-2-7-13-17)18-14-8-3-9-15-18;1-6-3-4-8(9(10)11)5-7(6)2;1-2/h4*1-15H;3-5H,1-2H3,(H,10,11);. The fourth-order valence-corrected chi connectivity index (χ4v) is 18.8. The highest BCUT2D eigenvalue weighted by molar-refractivity contribution is 15.0. The Morgan fingerprint density at radius 3 is 0.472 bits per heavy atom. The molecule has 0 unspecified atom stereocenters. The summed E-state index contributed by atoms with van der Waals surface area (Å²) in [6.45, 7) is 3.86. The Hall–Kier alpha value is -7.49. The minimum atomic E-state index is -0.867. The zero-order valence-electron chi connectivity index (χ0n) is 49.8. The van der Waals surface area contributed by atoms with Crippen LogP contribution in [0, 0.1) is 13.8 Å². The Morgan fingerprint density at radius 1 is 0.225 bits per heavy atom. The van der Waals surface area contributed by atoms with Crippen molar-refractivity contribution in [3.8, 4) is 0 Å². The molecule has 0 bridgehead atoms. The molecule has 13 aromatic carbocycles. The normalized spacial score (nSPS) is 10.3. The fraction of sp³-hybridized carbons (Fsp3) is 0.0247. The number of carboxylic acids is 1. The molecule has 440 valence electrons. The average Bonchev–Trinajstić information content (AvgIpc) is 3.19. The average molecular weight is 1450 g/mol. The lowest BCUT2D eigenvalue weighted by molar-refractivity contribution is 0.0696. The van der Waals surface area contributed by atoms with Gasteiger partial charge in [0.15, 0.2) is 0 Å². The Labute approximate surface area is 556 Å². The van der Waals surface area contributed by atoms with Gasteiger partial charge in [-0.15, -0.1) is 0 Å². The summed E-state index contributed by atoms with van der Waals surface area (Å²) < 4.78 is 0. The Morgan fingerprint density at radius 2 is 0.360 bits per heavy atom. The SMILES string of the molecule is Cc1ccc(C(=O)O)cc1C.II.c1ccc(P(c2ccccc2)c2ccccc2)cc1.c1ccc(P(c2ccccc2)c2ccccc2)cc1.c1ccc(P(c2ccccc2)c2ccccc2)cc1.c1ccc(P(c2ccccc2)c2ccccc2)cc1. The molecule has 8 heteroatoms. The number of halogens is 2. The molecule has 0 amide bonds. The molecule has 0 aliphatic carbocycles. The van der Waals surface area contributed by atoms with Gasteiger partial charge in [-0.1, -0.05) is 370 Å². The number of carbonyl (C=O) groups is 1. The van der Waals surface area contributed by atoms with Gasteiger partial charge >= 0.3 is 5.97 Å². The second-order valence-electron chi connectivity index (χ2n) is 20.0. The van der Waals surface area contributed by atoms with Gasteiger partial charge in [0.25, 0.3) is 0 Å². The Kier molecular flexibility index (Phi) is 28.9. The van der Waals surface area contributed by atoms with Gasteiger partial charge in [0.05, 0.1) is 5.56 Å². The number of benzene rings is 13. The van der Waals surface area contributed by atoms with Crippen LogP contribution in [0.1, 0.15) is 21.5 Å². The molecule has 1 N–H and O–H groups in total. The van der Waals surface area contributed by atoms with E-state index in [1.165, 1.54) is 63.7 Å². The molecule has 0 fully saturated rings. The van der Waals surface area contributed by atoms with E-state index in [9.17, 15) is 4.79 Å². The van der Waals surface area contributed by atoms with Gasteiger partial charge in [0, 0.05) is 37.2 Å². The van der Waals surface area contributed by atoms with Crippen molar-refractivity contribution in [3.05, 3.63) is 399 Å². The molecule has 0 saturated carbocycles. The highest BCUT2D eigenvalue weighted by Crippen LogP contribution is 2.35. The largest absolute Gasteiger partial charge is 0.478 e. The second kappa shape index (κ2) is 38.1. The number of rotatable bonds is 13. The molecule has 0 atom stereocenters. The third-order valence-corrected chi connectivity index (χ3v) is 23.7. The van der Waals surface area contributed by atoms with Crippen LogP contribution in [0.3, 0.4) is 0 Å². The molecule has 0 heterocycles. The maximum atomic E-state index is 10.5. The molecule has 0 spiro atoms. The summed E-state index contributed by atoms with van der Waals surface area (Å²) in [5, 5.41) is 25.4. The van der Waals surface area contributed by atoms with Crippen molar-refractivity contribution in [1.29, 1.82) is 0 Å². The van der Waals surface area contributed by atoms with E-state index in [1.807, 2.05) is 19.9 Å². The molecule has 0 aliphatic heterocycles. The molecule has 89 heavy (non-hydrogen) atoms. The van der Waals surface area contributed by atoms with Crippen molar-refractivity contribution in [2.24, 2.45) is 0 Å². The van der Waals surface area contributed by atoms with E-state index < -0.39 is 37.7 Å². The molecular weight excluding hydrogens is 1380 g/mol. The van der Waals surface area contributed by atoms with Crippen LogP contribution in [-0.2, 0) is 0 Å². The highest BCUT2D eigenvalue weighted by atomic mass is 128. The molecule has 0 aliphatic rings. The summed E-state index contributed by atoms with van der Waals surface area (Å²) in [4.78, 5) is 10.5. The van der Waals surface area contributed by atoms with E-state index in [0.29, 0.717) is 5.56 Å². The van der Waals surface area contributed by atoms with Crippen molar-refractivity contribution < 1.29 is 9.90 Å². The third-order valence-electron chi connectivity index (χ3n) is 13.9. The van der Waals surface area contributed by atoms with E-state index in [4.69, 9.17) is 5.11 Å². The van der Waals surface area contributed by atoms with Crippen molar-refractivity contribution in [2.45, 2.75) is 13.8 Å². The Bertz CT molecular complexity index is 3150. The van der Waals surface area contributed by atoms with Gasteiger partial charge in [0.1, 0.15) is 0 Å². The van der Waals surface area contributed by atoms with E-state index in [2.05, 4.69) is 401 Å². The van der Waals surface area contributed by atoms with Crippen LogP contribution in [0.15, 0.2) is 382 Å². The van der Waals surface area contributed by atoms with Gasteiger partial charge in [-0.3, -0.25) is 0 Å². The van der Waals surface area contributed by atoms with Gasteiger partial charge < -0.3 is 5.11 Å². The highest BCUT2D eigenvalue weighted by Gasteiger charge is 2.19. The van der Waals surface area contributed by atoms with E-state index in [1.54, 1.807) is 12.1 Å². The van der Waals surface area contributed by atoms with Crippen molar-refractivity contribution >= 4 is 139 Å². The van der Waals surface area contributed by atoms with Crippen molar-refractivity contribution in [3.63, 3.8) is 0 Å². The van der Waals surface area contributed by atoms with E-state index >= 15 is 0 Å². The number of aromatic carboxylic acids is 1. The summed E-state index contributed by atoms with van der Waals surface area (Å²) in [6, 6.07) is 134.